The molecule has 0 radical (unpaired) electrons. The molecule has 1 unspecified atom stereocenters. The van der Waals surface area contributed by atoms with E-state index in [9.17, 15) is 23.5 Å². The fourth-order valence-electron chi connectivity index (χ4n) is 3.18. The number of aromatic nitrogens is 2. The lowest BCUT2D eigenvalue weighted by Gasteiger charge is -2.46. The van der Waals surface area contributed by atoms with Crippen LogP contribution in [-0.4, -0.2) is 63.6 Å². The molecular weight excluding hydrogens is 426 g/mol. The van der Waals surface area contributed by atoms with Gasteiger partial charge in [-0.05, 0) is 41.5 Å². The smallest absolute Gasteiger partial charge is 0.425 e. The molecule has 0 spiro atoms. The van der Waals surface area contributed by atoms with E-state index < -0.39 is 47.4 Å². The summed E-state index contributed by atoms with van der Waals surface area (Å²) in [5, 5.41) is 9.99. The van der Waals surface area contributed by atoms with Gasteiger partial charge in [0.2, 0.25) is 5.95 Å². The molecule has 0 bridgehead atoms. The average molecular weight is 459 g/mol. The largest absolute Gasteiger partial charge is 0.443 e. The molecule has 1 aliphatic rings. The number of halogens is 2. The first-order valence-corrected chi connectivity index (χ1v) is 10.2. The molecule has 0 aromatic carbocycles. The van der Waals surface area contributed by atoms with Crippen LogP contribution in [0.4, 0.5) is 30.1 Å². The highest BCUT2D eigenvalue weighted by Gasteiger charge is 2.53. The molecule has 1 aromatic heterocycles. The fourth-order valence-corrected chi connectivity index (χ4v) is 3.18. The minimum Gasteiger partial charge on any atom is -0.443 e. The summed E-state index contributed by atoms with van der Waals surface area (Å²) in [6, 6.07) is 1.28. The summed E-state index contributed by atoms with van der Waals surface area (Å²) in [4.78, 5) is 35.6. The van der Waals surface area contributed by atoms with Crippen LogP contribution in [0.2, 0.25) is 0 Å². The SMILES string of the molecule is CC(C)(C)OC(=O)N(C(=O)OC(C)(C)C)c1ccnc(N2CC(C)(C)C(O)C(F)(F)C2)n1. The predicted molar refractivity (Wildman–Crippen MR) is 114 cm³/mol. The first-order valence-electron chi connectivity index (χ1n) is 10.2. The molecule has 9 nitrogen and oxygen atoms in total. The second-order valence-electron chi connectivity index (χ2n) is 10.5. The average Bonchev–Trinajstić information content (AvgIpc) is 2.56. The lowest BCUT2D eigenvalue weighted by Crippen LogP contribution is -2.61. The number of carbonyl (C=O) groups excluding carboxylic acids is 2. The van der Waals surface area contributed by atoms with Crippen molar-refractivity contribution in [2.45, 2.75) is 78.6 Å². The summed E-state index contributed by atoms with van der Waals surface area (Å²) in [5.74, 6) is -3.72. The van der Waals surface area contributed by atoms with Crippen molar-refractivity contribution < 1.29 is 33.0 Å². The summed E-state index contributed by atoms with van der Waals surface area (Å²) in [6.45, 7) is 12.0. The lowest BCUT2D eigenvalue weighted by molar-refractivity contribution is -0.160. The first kappa shape index (κ1) is 25.7. The minimum atomic E-state index is -3.41. The van der Waals surface area contributed by atoms with Gasteiger partial charge >= 0.3 is 12.2 Å². The number of rotatable bonds is 2. The summed E-state index contributed by atoms with van der Waals surface area (Å²) < 4.78 is 39.5. The van der Waals surface area contributed by atoms with Crippen molar-refractivity contribution in [2.24, 2.45) is 5.41 Å². The Bertz CT molecular complexity index is 818. The van der Waals surface area contributed by atoms with Gasteiger partial charge in [-0.2, -0.15) is 9.88 Å². The Morgan fingerprint density at radius 2 is 1.59 bits per heavy atom. The third kappa shape index (κ3) is 6.24. The van der Waals surface area contributed by atoms with E-state index in [4.69, 9.17) is 9.47 Å². The van der Waals surface area contributed by atoms with Crippen molar-refractivity contribution in [1.29, 1.82) is 0 Å². The van der Waals surface area contributed by atoms with Crippen LogP contribution in [0.25, 0.3) is 0 Å². The van der Waals surface area contributed by atoms with Gasteiger partial charge in [-0.3, -0.25) is 0 Å². The van der Waals surface area contributed by atoms with E-state index in [-0.39, 0.29) is 18.3 Å². The topological polar surface area (TPSA) is 105 Å². The van der Waals surface area contributed by atoms with Gasteiger partial charge in [0.1, 0.15) is 17.3 Å². The molecule has 1 saturated heterocycles. The highest BCUT2D eigenvalue weighted by atomic mass is 19.3. The van der Waals surface area contributed by atoms with Gasteiger partial charge in [-0.15, -0.1) is 0 Å². The molecule has 180 valence electrons. The molecule has 1 N–H and O–H groups in total. The normalized spacial score (nSPS) is 20.5. The summed E-state index contributed by atoms with van der Waals surface area (Å²) in [7, 11) is 0. The van der Waals surface area contributed by atoms with Crippen LogP contribution in [-0.2, 0) is 9.47 Å². The standard InChI is InChI=1S/C21H32F2N4O5/c1-18(2,3)31-16(29)27(17(30)32-19(4,5)6)13-9-10-24-15(25-13)26-11-20(7,8)14(28)21(22,23)12-26/h9-10,14,28H,11-12H2,1-8H3. The Morgan fingerprint density at radius 1 is 1.09 bits per heavy atom. The predicted octanol–water partition coefficient (Wildman–Crippen LogP) is 4.00. The van der Waals surface area contributed by atoms with Crippen LogP contribution in [0.5, 0.6) is 0 Å². The third-order valence-electron chi connectivity index (χ3n) is 4.43. The Morgan fingerprint density at radius 3 is 2.03 bits per heavy atom. The number of ether oxygens (including phenoxy) is 2. The van der Waals surface area contributed by atoms with Gasteiger partial charge in [-0.1, -0.05) is 13.8 Å². The number of amides is 2. The van der Waals surface area contributed by atoms with Gasteiger partial charge in [-0.25, -0.2) is 23.4 Å². The van der Waals surface area contributed by atoms with Crippen LogP contribution in [0.3, 0.4) is 0 Å². The first-order chi connectivity index (χ1) is 14.3. The summed E-state index contributed by atoms with van der Waals surface area (Å²) >= 11 is 0. The minimum absolute atomic E-state index is 0.0338. The van der Waals surface area contributed by atoms with E-state index in [1.54, 1.807) is 41.5 Å². The second kappa shape index (κ2) is 8.42. The van der Waals surface area contributed by atoms with Crippen molar-refractivity contribution >= 4 is 24.0 Å². The van der Waals surface area contributed by atoms with Gasteiger partial charge in [0, 0.05) is 24.2 Å². The van der Waals surface area contributed by atoms with Crippen LogP contribution in [0.15, 0.2) is 12.3 Å². The third-order valence-corrected chi connectivity index (χ3v) is 4.43. The van der Waals surface area contributed by atoms with E-state index >= 15 is 0 Å². The number of anilines is 2. The molecule has 11 heteroatoms. The Hall–Kier alpha value is -2.56. The van der Waals surface area contributed by atoms with Gasteiger partial charge in [0.15, 0.2) is 5.82 Å². The Balaban J connectivity index is 2.45. The summed E-state index contributed by atoms with van der Waals surface area (Å²) in [5.41, 5.74) is -2.98. The molecule has 1 fully saturated rings. The molecule has 1 aliphatic heterocycles. The molecule has 1 atom stereocenters. The highest BCUT2D eigenvalue weighted by Crippen LogP contribution is 2.39. The maximum Gasteiger partial charge on any atom is 0.425 e. The fraction of sp³-hybridized carbons (Fsp3) is 0.714. The van der Waals surface area contributed by atoms with Crippen molar-refractivity contribution in [3.8, 4) is 0 Å². The highest BCUT2D eigenvalue weighted by molar-refractivity contribution is 6.08. The van der Waals surface area contributed by atoms with Gasteiger partial charge in [0.05, 0.1) is 6.54 Å². The number of aliphatic hydroxyl groups excluding tert-OH is 1. The number of alkyl halides is 2. The van der Waals surface area contributed by atoms with Crippen molar-refractivity contribution in [3.63, 3.8) is 0 Å². The second-order valence-corrected chi connectivity index (χ2v) is 10.5. The number of hydrogen-bond acceptors (Lipinski definition) is 8. The number of carbonyl (C=O) groups is 2. The maximum atomic E-state index is 14.4. The van der Waals surface area contributed by atoms with Crippen molar-refractivity contribution in [1.82, 2.24) is 9.97 Å². The van der Waals surface area contributed by atoms with Gasteiger partial charge < -0.3 is 19.5 Å². The molecule has 2 amide bonds. The van der Waals surface area contributed by atoms with Crippen LogP contribution >= 0.6 is 0 Å². The quantitative estimate of drug-likeness (QED) is 0.709. The van der Waals surface area contributed by atoms with Crippen molar-refractivity contribution in [2.75, 3.05) is 22.9 Å². The monoisotopic (exact) mass is 458 g/mol. The van der Waals surface area contributed by atoms with Crippen LogP contribution in [0.1, 0.15) is 55.4 Å². The van der Waals surface area contributed by atoms with E-state index in [0.717, 1.165) is 0 Å². The zero-order valence-electron chi connectivity index (χ0n) is 19.8. The number of aliphatic hydroxyl groups is 1. The number of imide groups is 1. The number of piperidine rings is 1. The zero-order chi connectivity index (χ0) is 24.7. The molecule has 2 rings (SSSR count). The van der Waals surface area contributed by atoms with Crippen LogP contribution in [0, 0.1) is 5.41 Å². The molecule has 1 aromatic rings. The number of nitrogens with zero attached hydrogens (tertiary/aromatic N) is 4. The van der Waals surface area contributed by atoms with Crippen molar-refractivity contribution in [3.05, 3.63) is 12.3 Å². The molecule has 2 heterocycles. The summed E-state index contributed by atoms with van der Waals surface area (Å²) in [6.07, 6.45) is -2.66. The van der Waals surface area contributed by atoms with E-state index in [2.05, 4.69) is 9.97 Å². The van der Waals surface area contributed by atoms with E-state index in [1.807, 2.05) is 0 Å². The number of hydrogen-bond donors (Lipinski definition) is 1. The lowest BCUT2D eigenvalue weighted by atomic mass is 9.79. The Labute approximate surface area is 186 Å². The van der Waals surface area contributed by atoms with E-state index in [0.29, 0.717) is 4.90 Å². The van der Waals surface area contributed by atoms with Crippen LogP contribution < -0.4 is 9.80 Å². The molecule has 0 aliphatic carbocycles. The zero-order valence-corrected chi connectivity index (χ0v) is 19.8. The molecule has 32 heavy (non-hydrogen) atoms. The molecule has 0 saturated carbocycles. The van der Waals surface area contributed by atoms with Gasteiger partial charge in [0.25, 0.3) is 5.92 Å². The maximum absolute atomic E-state index is 14.4. The molecular formula is C21H32F2N4O5. The van der Waals surface area contributed by atoms with E-state index in [1.165, 1.54) is 31.0 Å². The Kier molecular flexibility index (Phi) is 6.76.